The van der Waals surface area contributed by atoms with Gasteiger partial charge in [0, 0.05) is 6.61 Å². The third-order valence-corrected chi connectivity index (χ3v) is 1.21. The molecule has 0 aliphatic heterocycles. The SMILES string of the molecule is I.N=CCCCNCCCO. The van der Waals surface area contributed by atoms with Crippen LogP contribution in [0.1, 0.15) is 19.3 Å². The fourth-order valence-corrected chi connectivity index (χ4v) is 0.658. The molecule has 0 spiro atoms. The van der Waals surface area contributed by atoms with Crippen molar-refractivity contribution in [2.24, 2.45) is 0 Å². The summed E-state index contributed by atoms with van der Waals surface area (Å²) in [5.74, 6) is 0. The highest BCUT2D eigenvalue weighted by Gasteiger charge is 1.85. The van der Waals surface area contributed by atoms with Crippen LogP contribution in [-0.2, 0) is 0 Å². The van der Waals surface area contributed by atoms with Crippen molar-refractivity contribution in [3.63, 3.8) is 0 Å². The van der Waals surface area contributed by atoms with Gasteiger partial charge in [0.25, 0.3) is 0 Å². The normalized spacial score (nSPS) is 8.82. The molecule has 0 atom stereocenters. The lowest BCUT2D eigenvalue weighted by Gasteiger charge is -1.99. The van der Waals surface area contributed by atoms with Crippen molar-refractivity contribution >= 4 is 30.2 Å². The lowest BCUT2D eigenvalue weighted by Crippen LogP contribution is -2.17. The highest BCUT2D eigenvalue weighted by Crippen LogP contribution is 1.81. The second kappa shape index (κ2) is 12.9. The largest absolute Gasteiger partial charge is 0.396 e. The Kier molecular flexibility index (Phi) is 16.3. The predicted octanol–water partition coefficient (Wildman–Crippen LogP) is 1.01. The highest BCUT2D eigenvalue weighted by molar-refractivity contribution is 14.0. The molecule has 11 heavy (non-hydrogen) atoms. The summed E-state index contributed by atoms with van der Waals surface area (Å²) >= 11 is 0. The minimum atomic E-state index is 0. The van der Waals surface area contributed by atoms with Gasteiger partial charge in [-0.2, -0.15) is 0 Å². The van der Waals surface area contributed by atoms with Crippen LogP contribution in [0.4, 0.5) is 0 Å². The smallest absolute Gasteiger partial charge is 0.0443 e. The third kappa shape index (κ3) is 13.3. The average molecular weight is 272 g/mol. The first kappa shape index (κ1) is 13.9. The summed E-state index contributed by atoms with van der Waals surface area (Å²) in [6.07, 6.45) is 4.12. The van der Waals surface area contributed by atoms with Crippen LogP contribution in [0.25, 0.3) is 0 Å². The molecule has 0 saturated carbocycles. The molecule has 68 valence electrons. The molecule has 0 unspecified atom stereocenters. The molecule has 0 amide bonds. The molecule has 3 N–H and O–H groups in total. The van der Waals surface area contributed by atoms with Crippen LogP contribution in [-0.4, -0.2) is 31.0 Å². The minimum Gasteiger partial charge on any atom is -0.396 e. The third-order valence-electron chi connectivity index (χ3n) is 1.21. The maximum absolute atomic E-state index is 8.39. The van der Waals surface area contributed by atoms with E-state index >= 15 is 0 Å². The second-order valence-corrected chi connectivity index (χ2v) is 2.17. The van der Waals surface area contributed by atoms with Crippen LogP contribution < -0.4 is 5.32 Å². The molecule has 0 aliphatic rings. The molecular formula is C7H17IN2O. The van der Waals surface area contributed by atoms with Gasteiger partial charge in [-0.25, -0.2) is 0 Å². The fourth-order valence-electron chi connectivity index (χ4n) is 0.658. The molecule has 0 rings (SSSR count). The lowest BCUT2D eigenvalue weighted by atomic mass is 10.3. The Balaban J connectivity index is 0. The number of nitrogens with one attached hydrogen (secondary N) is 2. The predicted molar refractivity (Wildman–Crippen MR) is 58.0 cm³/mol. The summed E-state index contributed by atoms with van der Waals surface area (Å²) in [5.41, 5.74) is 0. The van der Waals surface area contributed by atoms with Crippen molar-refractivity contribution in [2.75, 3.05) is 19.7 Å². The topological polar surface area (TPSA) is 56.1 Å². The molecule has 0 fully saturated rings. The van der Waals surface area contributed by atoms with Crippen molar-refractivity contribution in [3.05, 3.63) is 0 Å². The van der Waals surface area contributed by atoms with E-state index in [4.69, 9.17) is 10.5 Å². The van der Waals surface area contributed by atoms with Crippen molar-refractivity contribution in [1.29, 1.82) is 5.41 Å². The minimum absolute atomic E-state index is 0. The summed E-state index contributed by atoms with van der Waals surface area (Å²) < 4.78 is 0. The van der Waals surface area contributed by atoms with Gasteiger partial charge in [-0.05, 0) is 38.6 Å². The van der Waals surface area contributed by atoms with E-state index in [0.29, 0.717) is 0 Å². The van der Waals surface area contributed by atoms with Gasteiger partial charge in [0.2, 0.25) is 0 Å². The van der Waals surface area contributed by atoms with E-state index in [1.807, 2.05) is 0 Å². The molecule has 4 heteroatoms. The molecule has 0 aromatic heterocycles. The molecule has 0 radical (unpaired) electrons. The maximum Gasteiger partial charge on any atom is 0.0443 e. The number of rotatable bonds is 7. The number of unbranched alkanes of at least 4 members (excludes halogenated alkanes) is 1. The van der Waals surface area contributed by atoms with Gasteiger partial charge in [0.05, 0.1) is 0 Å². The Morgan fingerprint density at radius 2 is 1.91 bits per heavy atom. The monoisotopic (exact) mass is 272 g/mol. The van der Waals surface area contributed by atoms with Gasteiger partial charge in [-0.15, -0.1) is 24.0 Å². The lowest BCUT2D eigenvalue weighted by molar-refractivity contribution is 0.286. The summed E-state index contributed by atoms with van der Waals surface area (Å²) in [6, 6.07) is 0. The Hall–Kier alpha value is 0.320. The highest BCUT2D eigenvalue weighted by atomic mass is 127. The van der Waals surface area contributed by atoms with E-state index in [0.717, 1.165) is 32.4 Å². The second-order valence-electron chi connectivity index (χ2n) is 2.17. The van der Waals surface area contributed by atoms with Gasteiger partial charge in [-0.3, -0.25) is 0 Å². The Labute approximate surface area is 85.1 Å². The van der Waals surface area contributed by atoms with Crippen LogP contribution in [0.3, 0.4) is 0 Å². The first-order chi connectivity index (χ1) is 4.91. The van der Waals surface area contributed by atoms with E-state index in [1.54, 1.807) is 0 Å². The van der Waals surface area contributed by atoms with E-state index in [1.165, 1.54) is 6.21 Å². The number of hydrogen-bond acceptors (Lipinski definition) is 3. The van der Waals surface area contributed by atoms with Gasteiger partial charge in [0.15, 0.2) is 0 Å². The van der Waals surface area contributed by atoms with E-state index < -0.39 is 0 Å². The standard InChI is InChI=1S/C7H16N2O.HI/c8-4-1-2-5-9-6-3-7-10;/h4,8-10H,1-3,5-7H2;1H. The van der Waals surface area contributed by atoms with Gasteiger partial charge in [0.1, 0.15) is 0 Å². The van der Waals surface area contributed by atoms with Crippen molar-refractivity contribution < 1.29 is 5.11 Å². The Morgan fingerprint density at radius 3 is 2.45 bits per heavy atom. The van der Waals surface area contributed by atoms with Crippen molar-refractivity contribution in [3.8, 4) is 0 Å². The fraction of sp³-hybridized carbons (Fsp3) is 0.857. The first-order valence-electron chi connectivity index (χ1n) is 3.72. The average Bonchev–Trinajstić information content (AvgIpc) is 1.97. The van der Waals surface area contributed by atoms with Crippen LogP contribution in [0.2, 0.25) is 0 Å². The zero-order valence-corrected chi connectivity index (χ0v) is 9.01. The van der Waals surface area contributed by atoms with Crippen molar-refractivity contribution in [1.82, 2.24) is 5.32 Å². The van der Waals surface area contributed by atoms with Gasteiger partial charge < -0.3 is 15.8 Å². The number of aliphatic hydroxyl groups is 1. The van der Waals surface area contributed by atoms with Crippen LogP contribution in [0, 0.1) is 5.41 Å². The number of halogens is 1. The molecule has 0 aromatic rings. The van der Waals surface area contributed by atoms with E-state index in [9.17, 15) is 0 Å². The van der Waals surface area contributed by atoms with Crippen LogP contribution in [0.15, 0.2) is 0 Å². The van der Waals surface area contributed by atoms with E-state index in [2.05, 4.69) is 5.32 Å². The quantitative estimate of drug-likeness (QED) is 0.368. The van der Waals surface area contributed by atoms with Crippen LogP contribution >= 0.6 is 24.0 Å². The Morgan fingerprint density at radius 1 is 1.27 bits per heavy atom. The molecular weight excluding hydrogens is 255 g/mol. The first-order valence-corrected chi connectivity index (χ1v) is 3.72. The van der Waals surface area contributed by atoms with Gasteiger partial charge >= 0.3 is 0 Å². The number of hydrogen-bond donors (Lipinski definition) is 3. The van der Waals surface area contributed by atoms with Crippen molar-refractivity contribution in [2.45, 2.75) is 19.3 Å². The van der Waals surface area contributed by atoms with Gasteiger partial charge in [-0.1, -0.05) is 0 Å². The zero-order valence-electron chi connectivity index (χ0n) is 6.68. The molecule has 0 saturated heterocycles. The summed E-state index contributed by atoms with van der Waals surface area (Å²) in [4.78, 5) is 0. The van der Waals surface area contributed by atoms with Crippen LogP contribution in [0.5, 0.6) is 0 Å². The molecule has 0 aromatic carbocycles. The molecule has 0 aliphatic carbocycles. The molecule has 3 nitrogen and oxygen atoms in total. The summed E-state index contributed by atoms with van der Waals surface area (Å²) in [6.45, 7) is 2.10. The van der Waals surface area contributed by atoms with E-state index in [-0.39, 0.29) is 30.6 Å². The summed E-state index contributed by atoms with van der Waals surface area (Å²) in [5, 5.41) is 18.3. The Bertz CT molecular complexity index is 80.8. The summed E-state index contributed by atoms with van der Waals surface area (Å²) in [7, 11) is 0. The maximum atomic E-state index is 8.39. The molecule has 0 heterocycles. The number of aliphatic hydroxyl groups excluding tert-OH is 1. The zero-order chi connectivity index (χ0) is 7.66. The molecule has 0 bridgehead atoms.